The smallest absolute Gasteiger partial charge is 0.305 e. The zero-order valence-corrected chi connectivity index (χ0v) is 10.3. The zero-order chi connectivity index (χ0) is 14.0. The molecule has 0 aliphatic rings. The molecule has 0 fully saturated rings. The summed E-state index contributed by atoms with van der Waals surface area (Å²) in [6, 6.07) is 2.29. The Hall–Kier alpha value is -2.44. The number of aromatic nitrogens is 2. The van der Waals surface area contributed by atoms with Gasteiger partial charge in [-0.05, 0) is 26.0 Å². The van der Waals surface area contributed by atoms with Gasteiger partial charge in [-0.15, -0.1) is 0 Å². The highest BCUT2D eigenvalue weighted by Crippen LogP contribution is 2.18. The number of aryl methyl sites for hydroxylation is 2. The third kappa shape index (κ3) is 2.87. The van der Waals surface area contributed by atoms with Crippen molar-refractivity contribution in [2.45, 2.75) is 13.8 Å². The quantitative estimate of drug-likeness (QED) is 0.782. The molecule has 7 heteroatoms. The van der Waals surface area contributed by atoms with Gasteiger partial charge in [0.2, 0.25) is 0 Å². The monoisotopic (exact) mass is 266 g/mol. The van der Waals surface area contributed by atoms with Gasteiger partial charge in [0.25, 0.3) is 0 Å². The van der Waals surface area contributed by atoms with E-state index in [1.54, 1.807) is 13.8 Å². The lowest BCUT2D eigenvalue weighted by Crippen LogP contribution is -2.20. The van der Waals surface area contributed by atoms with Crippen molar-refractivity contribution in [2.24, 2.45) is 0 Å². The molecule has 0 radical (unpaired) electrons. The Morgan fingerprint density at radius 1 is 1.26 bits per heavy atom. The van der Waals surface area contributed by atoms with Gasteiger partial charge >= 0.3 is 6.03 Å². The number of amides is 2. The van der Waals surface area contributed by atoms with Gasteiger partial charge in [-0.1, -0.05) is 0 Å². The number of hydrogen-bond acceptors (Lipinski definition) is 2. The molecule has 0 spiro atoms. The van der Waals surface area contributed by atoms with Gasteiger partial charge in [0.15, 0.2) is 0 Å². The van der Waals surface area contributed by atoms with E-state index in [0.717, 1.165) is 12.1 Å². The maximum absolute atomic E-state index is 13.3. The number of H-pyrrole nitrogens is 1. The van der Waals surface area contributed by atoms with Gasteiger partial charge in [0, 0.05) is 6.07 Å². The Morgan fingerprint density at radius 2 is 2.00 bits per heavy atom. The number of nitrogens with zero attached hydrogens (tertiary/aromatic N) is 1. The third-order valence-electron chi connectivity index (χ3n) is 2.55. The molecule has 0 saturated heterocycles. The summed E-state index contributed by atoms with van der Waals surface area (Å²) in [7, 11) is 0. The van der Waals surface area contributed by atoms with Crippen LogP contribution in [0.5, 0.6) is 0 Å². The largest absolute Gasteiger partial charge is 0.323 e. The molecule has 1 heterocycles. The second-order valence-electron chi connectivity index (χ2n) is 4.01. The summed E-state index contributed by atoms with van der Waals surface area (Å²) in [6.07, 6.45) is 0. The van der Waals surface area contributed by atoms with Crippen LogP contribution in [-0.2, 0) is 0 Å². The summed E-state index contributed by atoms with van der Waals surface area (Å²) in [5.41, 5.74) is 1.73. The molecule has 0 aliphatic heterocycles. The van der Waals surface area contributed by atoms with E-state index in [2.05, 4.69) is 20.8 Å². The topological polar surface area (TPSA) is 69.8 Å². The van der Waals surface area contributed by atoms with Crippen molar-refractivity contribution < 1.29 is 13.6 Å². The van der Waals surface area contributed by atoms with Crippen molar-refractivity contribution in [3.63, 3.8) is 0 Å². The molecule has 3 N–H and O–H groups in total. The second kappa shape index (κ2) is 5.05. The summed E-state index contributed by atoms with van der Waals surface area (Å²) >= 11 is 0. The first-order valence-electron chi connectivity index (χ1n) is 5.52. The van der Waals surface area contributed by atoms with Gasteiger partial charge in [-0.25, -0.2) is 13.6 Å². The Bertz CT molecular complexity index is 605. The molecular weight excluding hydrogens is 254 g/mol. The molecule has 2 rings (SSSR count). The van der Waals surface area contributed by atoms with Crippen LogP contribution in [0.3, 0.4) is 0 Å². The Labute approximate surface area is 108 Å². The Morgan fingerprint density at radius 3 is 2.58 bits per heavy atom. The van der Waals surface area contributed by atoms with Crippen molar-refractivity contribution in [3.8, 4) is 0 Å². The molecule has 0 aliphatic carbocycles. The molecule has 1 aromatic heterocycles. The SMILES string of the molecule is Cc1n[nH]c(C)c1NC(=O)Nc1ccc(F)cc1F. The first-order chi connectivity index (χ1) is 8.97. The lowest BCUT2D eigenvalue weighted by atomic mass is 10.3. The maximum atomic E-state index is 13.3. The van der Waals surface area contributed by atoms with Gasteiger partial charge < -0.3 is 10.6 Å². The van der Waals surface area contributed by atoms with Crippen molar-refractivity contribution in [1.29, 1.82) is 0 Å². The summed E-state index contributed by atoms with van der Waals surface area (Å²) in [4.78, 5) is 11.7. The van der Waals surface area contributed by atoms with Crippen molar-refractivity contribution >= 4 is 17.4 Å². The molecule has 0 saturated carbocycles. The van der Waals surface area contributed by atoms with Gasteiger partial charge in [0.1, 0.15) is 11.6 Å². The van der Waals surface area contributed by atoms with Crippen LogP contribution in [0.1, 0.15) is 11.4 Å². The van der Waals surface area contributed by atoms with E-state index in [0.29, 0.717) is 23.1 Å². The summed E-state index contributed by atoms with van der Waals surface area (Å²) < 4.78 is 26.1. The minimum atomic E-state index is -0.837. The number of halogens is 2. The molecule has 2 amide bonds. The minimum Gasteiger partial charge on any atom is -0.305 e. The van der Waals surface area contributed by atoms with Gasteiger partial charge in [0.05, 0.1) is 22.8 Å². The molecule has 0 atom stereocenters. The zero-order valence-electron chi connectivity index (χ0n) is 10.3. The number of carbonyl (C=O) groups excluding carboxylic acids is 1. The van der Waals surface area contributed by atoms with Crippen molar-refractivity contribution in [1.82, 2.24) is 10.2 Å². The maximum Gasteiger partial charge on any atom is 0.323 e. The molecule has 100 valence electrons. The fourth-order valence-electron chi connectivity index (χ4n) is 1.59. The average Bonchev–Trinajstić information content (AvgIpc) is 2.65. The normalized spacial score (nSPS) is 10.3. The molecule has 19 heavy (non-hydrogen) atoms. The first-order valence-corrected chi connectivity index (χ1v) is 5.52. The van der Waals surface area contributed by atoms with Crippen LogP contribution in [0.15, 0.2) is 18.2 Å². The number of hydrogen-bond donors (Lipinski definition) is 3. The highest BCUT2D eigenvalue weighted by molar-refractivity contribution is 6.00. The summed E-state index contributed by atoms with van der Waals surface area (Å²) in [5.74, 6) is -1.54. The van der Waals surface area contributed by atoms with Crippen LogP contribution < -0.4 is 10.6 Å². The number of urea groups is 1. The standard InChI is InChI=1S/C12H12F2N4O/c1-6-11(7(2)18-17-6)16-12(19)15-10-4-3-8(13)5-9(10)14/h3-5H,1-2H3,(H,17,18)(H2,15,16,19). The fraction of sp³-hybridized carbons (Fsp3) is 0.167. The third-order valence-corrected chi connectivity index (χ3v) is 2.55. The van der Waals surface area contributed by atoms with Crippen LogP contribution in [0.2, 0.25) is 0 Å². The van der Waals surface area contributed by atoms with Crippen molar-refractivity contribution in [2.75, 3.05) is 10.6 Å². The van der Waals surface area contributed by atoms with Crippen LogP contribution in [0.4, 0.5) is 25.0 Å². The highest BCUT2D eigenvalue weighted by atomic mass is 19.1. The number of carbonyl (C=O) groups is 1. The van der Waals surface area contributed by atoms with Crippen LogP contribution in [-0.4, -0.2) is 16.2 Å². The van der Waals surface area contributed by atoms with Gasteiger partial charge in [-0.2, -0.15) is 5.10 Å². The van der Waals surface area contributed by atoms with Crippen molar-refractivity contribution in [3.05, 3.63) is 41.2 Å². The fourth-order valence-corrected chi connectivity index (χ4v) is 1.59. The summed E-state index contributed by atoms with van der Waals surface area (Å²) in [5, 5.41) is 11.5. The molecule has 0 bridgehead atoms. The molecular formula is C12H12F2N4O. The number of rotatable bonds is 2. The Kier molecular flexibility index (Phi) is 3.46. The molecule has 2 aromatic rings. The van der Waals surface area contributed by atoms with Gasteiger partial charge in [-0.3, -0.25) is 5.10 Å². The van der Waals surface area contributed by atoms with E-state index in [4.69, 9.17) is 0 Å². The lowest BCUT2D eigenvalue weighted by Gasteiger charge is -2.08. The highest BCUT2D eigenvalue weighted by Gasteiger charge is 2.12. The van der Waals surface area contributed by atoms with E-state index in [9.17, 15) is 13.6 Å². The molecule has 5 nitrogen and oxygen atoms in total. The number of nitrogens with one attached hydrogen (secondary N) is 3. The second-order valence-corrected chi connectivity index (χ2v) is 4.01. The van der Waals surface area contributed by atoms with E-state index < -0.39 is 17.7 Å². The molecule has 1 aromatic carbocycles. The average molecular weight is 266 g/mol. The predicted octanol–water partition coefficient (Wildman–Crippen LogP) is 2.95. The first kappa shape index (κ1) is 13.0. The van der Waals surface area contributed by atoms with Crippen LogP contribution >= 0.6 is 0 Å². The molecule has 0 unspecified atom stereocenters. The van der Waals surface area contributed by atoms with E-state index in [-0.39, 0.29) is 5.69 Å². The minimum absolute atomic E-state index is 0.0994. The van der Waals surface area contributed by atoms with E-state index in [1.165, 1.54) is 0 Å². The number of benzene rings is 1. The Balaban J connectivity index is 2.10. The van der Waals surface area contributed by atoms with E-state index in [1.807, 2.05) is 0 Å². The number of anilines is 2. The van der Waals surface area contributed by atoms with E-state index >= 15 is 0 Å². The number of aromatic amines is 1. The lowest BCUT2D eigenvalue weighted by molar-refractivity contribution is 0.262. The van der Waals surface area contributed by atoms with Crippen LogP contribution in [0.25, 0.3) is 0 Å². The predicted molar refractivity (Wildman–Crippen MR) is 67.1 cm³/mol. The summed E-state index contributed by atoms with van der Waals surface area (Å²) in [6.45, 7) is 3.46. The van der Waals surface area contributed by atoms with Crippen LogP contribution in [0, 0.1) is 25.5 Å².